The molecule has 1 atom stereocenters. The Bertz CT molecular complexity index is 826. The molecule has 0 aliphatic rings. The number of hydrogen-bond donors (Lipinski definition) is 1. The van der Waals surface area contributed by atoms with Crippen LogP contribution in [-0.2, 0) is 0 Å². The minimum atomic E-state index is -0.429. The molecule has 1 nitrogen and oxygen atoms in total. The normalized spacial score (nSPS) is 13.6. The Kier molecular flexibility index (Phi) is 2.09. The lowest BCUT2D eigenvalue weighted by Crippen LogP contribution is -1.92. The number of aliphatic hydroxyl groups is 1. The second-order valence-corrected chi connectivity index (χ2v) is 5.23. The van der Waals surface area contributed by atoms with E-state index in [-0.39, 0.29) is 0 Å². The van der Waals surface area contributed by atoms with E-state index in [2.05, 4.69) is 54.6 Å². The van der Waals surface area contributed by atoms with Gasteiger partial charge in [0.2, 0.25) is 0 Å². The first-order valence-corrected chi connectivity index (χ1v) is 6.59. The molecule has 4 aromatic carbocycles. The van der Waals surface area contributed by atoms with E-state index in [1.165, 1.54) is 32.3 Å². The molecule has 4 rings (SSSR count). The van der Waals surface area contributed by atoms with Gasteiger partial charge in [0, 0.05) is 0 Å². The van der Waals surface area contributed by atoms with Crippen LogP contribution in [-0.4, -0.2) is 5.11 Å². The van der Waals surface area contributed by atoms with Gasteiger partial charge in [0.05, 0.1) is 6.10 Å². The van der Waals surface area contributed by atoms with Crippen LogP contribution in [0.1, 0.15) is 18.6 Å². The van der Waals surface area contributed by atoms with Gasteiger partial charge in [-0.1, -0.05) is 42.5 Å². The molecule has 0 radical (unpaired) electrons. The molecular weight excluding hydrogens is 232 g/mol. The van der Waals surface area contributed by atoms with Crippen molar-refractivity contribution < 1.29 is 5.11 Å². The molecule has 0 saturated carbocycles. The van der Waals surface area contributed by atoms with Gasteiger partial charge in [0.25, 0.3) is 0 Å². The number of hydrogen-bond acceptors (Lipinski definition) is 1. The lowest BCUT2D eigenvalue weighted by molar-refractivity contribution is 0.199. The van der Waals surface area contributed by atoms with Crippen LogP contribution < -0.4 is 0 Å². The van der Waals surface area contributed by atoms with Crippen LogP contribution in [0.5, 0.6) is 0 Å². The van der Waals surface area contributed by atoms with Crippen molar-refractivity contribution in [3.8, 4) is 0 Å². The number of benzene rings is 4. The third-order valence-electron chi connectivity index (χ3n) is 3.97. The zero-order chi connectivity index (χ0) is 13.0. The summed E-state index contributed by atoms with van der Waals surface area (Å²) in [5.74, 6) is 0. The minimum Gasteiger partial charge on any atom is -0.389 e. The Morgan fingerprint density at radius 1 is 0.737 bits per heavy atom. The van der Waals surface area contributed by atoms with E-state index in [9.17, 15) is 5.11 Å². The highest BCUT2D eigenvalue weighted by Gasteiger charge is 2.10. The number of rotatable bonds is 1. The standard InChI is InChI=1S/C18H14O/c1-11(19)16-9-14-7-5-12-3-2-4-13-6-8-15(10-16)18(14)17(12)13/h2-11,19H,1H3/t11-/m1/s1. The first-order chi connectivity index (χ1) is 9.24. The third kappa shape index (κ3) is 1.45. The van der Waals surface area contributed by atoms with Crippen LogP contribution in [0.2, 0.25) is 0 Å². The van der Waals surface area contributed by atoms with Crippen molar-refractivity contribution in [2.24, 2.45) is 0 Å². The van der Waals surface area contributed by atoms with Crippen LogP contribution in [0, 0.1) is 0 Å². The van der Waals surface area contributed by atoms with Crippen molar-refractivity contribution in [3.63, 3.8) is 0 Å². The molecule has 0 saturated heterocycles. The van der Waals surface area contributed by atoms with Crippen molar-refractivity contribution in [1.29, 1.82) is 0 Å². The van der Waals surface area contributed by atoms with Crippen molar-refractivity contribution in [1.82, 2.24) is 0 Å². The molecule has 1 heteroatoms. The Balaban J connectivity index is 2.28. The van der Waals surface area contributed by atoms with Crippen molar-refractivity contribution >= 4 is 32.3 Å². The van der Waals surface area contributed by atoms with Gasteiger partial charge in [0.15, 0.2) is 0 Å². The van der Waals surface area contributed by atoms with Crippen molar-refractivity contribution in [3.05, 3.63) is 60.2 Å². The summed E-state index contributed by atoms with van der Waals surface area (Å²) >= 11 is 0. The highest BCUT2D eigenvalue weighted by molar-refractivity contribution is 6.23. The molecule has 0 spiro atoms. The van der Waals surface area contributed by atoms with E-state index in [1.807, 2.05) is 6.92 Å². The Hall–Kier alpha value is -2.12. The predicted octanol–water partition coefficient (Wildman–Crippen LogP) is 4.64. The smallest absolute Gasteiger partial charge is 0.0762 e. The van der Waals surface area contributed by atoms with E-state index in [4.69, 9.17) is 0 Å². The lowest BCUT2D eigenvalue weighted by atomic mass is 9.92. The second-order valence-electron chi connectivity index (χ2n) is 5.23. The van der Waals surface area contributed by atoms with Gasteiger partial charge in [-0.25, -0.2) is 0 Å². The van der Waals surface area contributed by atoms with E-state index in [0.29, 0.717) is 0 Å². The molecular formula is C18H14O. The van der Waals surface area contributed by atoms with Gasteiger partial charge in [-0.15, -0.1) is 0 Å². The van der Waals surface area contributed by atoms with E-state index >= 15 is 0 Å². The fourth-order valence-electron chi connectivity index (χ4n) is 3.02. The molecule has 0 heterocycles. The van der Waals surface area contributed by atoms with Crippen LogP contribution >= 0.6 is 0 Å². The fourth-order valence-corrected chi connectivity index (χ4v) is 3.02. The second kappa shape index (κ2) is 3.69. The molecule has 0 unspecified atom stereocenters. The minimum absolute atomic E-state index is 0.429. The lowest BCUT2D eigenvalue weighted by Gasteiger charge is -2.13. The van der Waals surface area contributed by atoms with E-state index in [1.54, 1.807) is 0 Å². The topological polar surface area (TPSA) is 20.2 Å². The van der Waals surface area contributed by atoms with Gasteiger partial charge in [-0.3, -0.25) is 0 Å². The summed E-state index contributed by atoms with van der Waals surface area (Å²) in [7, 11) is 0. The Morgan fingerprint density at radius 3 is 1.74 bits per heavy atom. The maximum atomic E-state index is 9.81. The third-order valence-corrected chi connectivity index (χ3v) is 3.97. The summed E-state index contributed by atoms with van der Waals surface area (Å²) in [5, 5.41) is 17.4. The Labute approximate surface area is 111 Å². The monoisotopic (exact) mass is 246 g/mol. The zero-order valence-corrected chi connectivity index (χ0v) is 10.7. The van der Waals surface area contributed by atoms with Gasteiger partial charge >= 0.3 is 0 Å². The van der Waals surface area contributed by atoms with E-state index in [0.717, 1.165) is 5.56 Å². The van der Waals surface area contributed by atoms with Crippen LogP contribution in [0.3, 0.4) is 0 Å². The summed E-state index contributed by atoms with van der Waals surface area (Å²) in [6, 6.07) is 19.2. The summed E-state index contributed by atoms with van der Waals surface area (Å²) < 4.78 is 0. The quantitative estimate of drug-likeness (QED) is 0.485. The SMILES string of the molecule is C[C@@H](O)c1cc2ccc3cccc4ccc(c1)c2c34. The Morgan fingerprint density at radius 2 is 1.21 bits per heavy atom. The van der Waals surface area contributed by atoms with Crippen molar-refractivity contribution in [2.45, 2.75) is 13.0 Å². The number of aliphatic hydroxyl groups excluding tert-OH is 1. The largest absolute Gasteiger partial charge is 0.389 e. The van der Waals surface area contributed by atoms with Gasteiger partial charge < -0.3 is 5.11 Å². The molecule has 0 aliphatic heterocycles. The summed E-state index contributed by atoms with van der Waals surface area (Å²) in [6.45, 7) is 1.81. The van der Waals surface area contributed by atoms with Crippen LogP contribution in [0.4, 0.5) is 0 Å². The summed E-state index contributed by atoms with van der Waals surface area (Å²) in [5.41, 5.74) is 0.978. The summed E-state index contributed by atoms with van der Waals surface area (Å²) in [4.78, 5) is 0. The highest BCUT2D eigenvalue weighted by Crippen LogP contribution is 2.35. The maximum Gasteiger partial charge on any atom is 0.0762 e. The predicted molar refractivity (Wildman–Crippen MR) is 80.8 cm³/mol. The maximum absolute atomic E-state index is 9.81. The molecule has 0 amide bonds. The molecule has 0 fully saturated rings. The van der Waals surface area contributed by atoms with Gasteiger partial charge in [-0.05, 0) is 56.9 Å². The van der Waals surface area contributed by atoms with E-state index < -0.39 is 6.10 Å². The molecule has 0 aromatic heterocycles. The molecule has 4 aromatic rings. The molecule has 0 bridgehead atoms. The highest BCUT2D eigenvalue weighted by atomic mass is 16.3. The average Bonchev–Trinajstić information content (AvgIpc) is 2.44. The average molecular weight is 246 g/mol. The van der Waals surface area contributed by atoms with Crippen LogP contribution in [0.15, 0.2) is 54.6 Å². The fraction of sp³-hybridized carbons (Fsp3) is 0.111. The molecule has 1 N–H and O–H groups in total. The molecule has 0 aliphatic carbocycles. The zero-order valence-electron chi connectivity index (χ0n) is 10.7. The summed E-state index contributed by atoms with van der Waals surface area (Å²) in [6.07, 6.45) is -0.429. The van der Waals surface area contributed by atoms with Gasteiger partial charge in [0.1, 0.15) is 0 Å². The molecule has 19 heavy (non-hydrogen) atoms. The molecule has 92 valence electrons. The van der Waals surface area contributed by atoms with Gasteiger partial charge in [-0.2, -0.15) is 0 Å². The van der Waals surface area contributed by atoms with Crippen molar-refractivity contribution in [2.75, 3.05) is 0 Å². The van der Waals surface area contributed by atoms with Crippen LogP contribution in [0.25, 0.3) is 32.3 Å². The first-order valence-electron chi connectivity index (χ1n) is 6.59. The first kappa shape index (κ1) is 10.8.